The maximum atomic E-state index is 14.0. The monoisotopic (exact) mass is 550 g/mol. The molecule has 0 aliphatic carbocycles. The fraction of sp³-hybridized carbons (Fsp3) is 0.379. The van der Waals surface area contributed by atoms with Crippen LogP contribution in [0.3, 0.4) is 0 Å². The summed E-state index contributed by atoms with van der Waals surface area (Å²) in [5, 5.41) is 10.1. The number of alkyl halides is 6. The molecule has 5 rings (SSSR count). The second kappa shape index (κ2) is 10.3. The Balaban J connectivity index is 1.60. The van der Waals surface area contributed by atoms with Gasteiger partial charge in [0, 0.05) is 42.8 Å². The van der Waals surface area contributed by atoms with Gasteiger partial charge in [-0.2, -0.15) is 0 Å². The maximum absolute atomic E-state index is 14.0. The topological polar surface area (TPSA) is 35.9 Å². The average molecular weight is 551 g/mol. The third-order valence-electron chi connectivity index (χ3n) is 7.40. The van der Waals surface area contributed by atoms with Crippen LogP contribution in [0.15, 0.2) is 72.8 Å². The first-order valence-electron chi connectivity index (χ1n) is 12.6. The second-order valence-corrected chi connectivity index (χ2v) is 10.2. The maximum Gasteiger partial charge on any atom is 0.573 e. The van der Waals surface area contributed by atoms with Gasteiger partial charge in [-0.3, -0.25) is 0 Å². The standard InChI is InChI=1S/C29H28F6N2O2/c30-16-23(38)17-37-18-27(25-9-1-2-10-26(25)37,15-20-5-3-8-24(13-20)39-29(33,34)35)21-6-4-7-22(14-21)36-12-11-28(31,32)19-36/h1-10,13-14,23,38H,11-12,15-19H2/t23-,27?/m0/s1. The fourth-order valence-electron chi connectivity index (χ4n) is 5.77. The molecule has 0 saturated carbocycles. The van der Waals surface area contributed by atoms with Gasteiger partial charge in [0.25, 0.3) is 5.92 Å². The molecule has 0 bridgehead atoms. The Kier molecular flexibility index (Phi) is 7.17. The summed E-state index contributed by atoms with van der Waals surface area (Å²) in [5.74, 6) is -3.13. The summed E-state index contributed by atoms with van der Waals surface area (Å²) in [6.45, 7) is -0.809. The number of rotatable bonds is 8. The Morgan fingerprint density at radius 1 is 0.949 bits per heavy atom. The summed E-state index contributed by atoms with van der Waals surface area (Å²) >= 11 is 0. The first-order valence-corrected chi connectivity index (χ1v) is 12.6. The number of β-amino-alcohol motifs (C(OH)–C–C–N with tert-alkyl or cyclic N) is 1. The van der Waals surface area contributed by atoms with E-state index in [4.69, 9.17) is 0 Å². The molecule has 10 heteroatoms. The van der Waals surface area contributed by atoms with Crippen molar-refractivity contribution >= 4 is 11.4 Å². The van der Waals surface area contributed by atoms with Crippen molar-refractivity contribution < 1.29 is 36.2 Å². The van der Waals surface area contributed by atoms with Gasteiger partial charge in [-0.1, -0.05) is 42.5 Å². The first kappa shape index (κ1) is 27.2. The van der Waals surface area contributed by atoms with Crippen LogP contribution in [0.2, 0.25) is 0 Å². The molecule has 0 aromatic heterocycles. The van der Waals surface area contributed by atoms with Gasteiger partial charge in [0.05, 0.1) is 12.6 Å². The molecule has 2 aliphatic rings. The van der Waals surface area contributed by atoms with Gasteiger partial charge in [0.15, 0.2) is 0 Å². The molecule has 0 spiro atoms. The minimum Gasteiger partial charge on any atom is -0.406 e. The van der Waals surface area contributed by atoms with Crippen molar-refractivity contribution in [3.8, 4) is 5.75 Å². The highest BCUT2D eigenvalue weighted by Gasteiger charge is 2.45. The Morgan fingerprint density at radius 3 is 2.44 bits per heavy atom. The summed E-state index contributed by atoms with van der Waals surface area (Å²) in [5.41, 5.74) is 2.76. The van der Waals surface area contributed by atoms with E-state index in [0.29, 0.717) is 17.8 Å². The normalized spacial score (nSPS) is 21.2. The summed E-state index contributed by atoms with van der Waals surface area (Å²) in [4.78, 5) is 3.49. The molecule has 2 heterocycles. The van der Waals surface area contributed by atoms with Gasteiger partial charge >= 0.3 is 6.36 Å². The molecule has 0 radical (unpaired) electrons. The second-order valence-electron chi connectivity index (χ2n) is 10.2. The summed E-state index contributed by atoms with van der Waals surface area (Å²) in [7, 11) is 0. The van der Waals surface area contributed by atoms with E-state index in [2.05, 4.69) is 4.74 Å². The van der Waals surface area contributed by atoms with Crippen LogP contribution in [0.1, 0.15) is 23.1 Å². The number of anilines is 2. The van der Waals surface area contributed by atoms with Gasteiger partial charge in [0.2, 0.25) is 0 Å². The van der Waals surface area contributed by atoms with Crippen LogP contribution in [0.4, 0.5) is 37.7 Å². The minimum atomic E-state index is -4.85. The quantitative estimate of drug-likeness (QED) is 0.344. The summed E-state index contributed by atoms with van der Waals surface area (Å²) in [6, 6.07) is 20.5. The molecule has 1 N–H and O–H groups in total. The highest BCUT2D eigenvalue weighted by Crippen LogP contribution is 2.48. The van der Waals surface area contributed by atoms with E-state index in [1.54, 1.807) is 23.1 Å². The molecule has 0 amide bonds. The number of hydrogen-bond acceptors (Lipinski definition) is 4. The van der Waals surface area contributed by atoms with E-state index < -0.39 is 37.0 Å². The lowest BCUT2D eigenvalue weighted by atomic mass is 9.71. The lowest BCUT2D eigenvalue weighted by Gasteiger charge is -2.33. The molecule has 39 heavy (non-hydrogen) atoms. The predicted octanol–water partition coefficient (Wildman–Crippen LogP) is 6.11. The lowest BCUT2D eigenvalue weighted by Crippen LogP contribution is -2.40. The zero-order valence-corrected chi connectivity index (χ0v) is 21.0. The minimum absolute atomic E-state index is 0.0184. The summed E-state index contributed by atoms with van der Waals surface area (Å²) in [6.07, 6.45) is -6.06. The Bertz CT molecular complexity index is 1320. The van der Waals surface area contributed by atoms with Crippen LogP contribution in [-0.4, -0.2) is 56.3 Å². The van der Waals surface area contributed by atoms with Gasteiger partial charge in [-0.15, -0.1) is 13.2 Å². The fourth-order valence-corrected chi connectivity index (χ4v) is 5.77. The van der Waals surface area contributed by atoms with E-state index in [0.717, 1.165) is 16.8 Å². The van der Waals surface area contributed by atoms with Crippen LogP contribution >= 0.6 is 0 Å². The van der Waals surface area contributed by atoms with E-state index in [9.17, 15) is 31.4 Å². The van der Waals surface area contributed by atoms with Crippen molar-refractivity contribution in [3.63, 3.8) is 0 Å². The number of ether oxygens (including phenoxy) is 1. The van der Waals surface area contributed by atoms with Gasteiger partial charge in [-0.25, -0.2) is 13.2 Å². The molecule has 2 aliphatic heterocycles. The SMILES string of the molecule is O[C@@H](CF)CN1CC(Cc2cccc(OC(F)(F)F)c2)(c2cccc(N3CCC(F)(F)C3)c2)c2ccccc21. The van der Waals surface area contributed by atoms with Crippen molar-refractivity contribution in [1.29, 1.82) is 0 Å². The van der Waals surface area contributed by atoms with Crippen molar-refractivity contribution in [2.75, 3.05) is 42.7 Å². The van der Waals surface area contributed by atoms with Crippen LogP contribution in [0.5, 0.6) is 5.75 Å². The van der Waals surface area contributed by atoms with Crippen molar-refractivity contribution in [2.45, 2.75) is 36.6 Å². The van der Waals surface area contributed by atoms with Crippen LogP contribution in [0.25, 0.3) is 0 Å². The third kappa shape index (κ3) is 5.80. The largest absolute Gasteiger partial charge is 0.573 e. The van der Waals surface area contributed by atoms with E-state index in [-0.39, 0.29) is 31.7 Å². The Labute approximate surface area is 222 Å². The molecular weight excluding hydrogens is 522 g/mol. The lowest BCUT2D eigenvalue weighted by molar-refractivity contribution is -0.274. The molecule has 208 valence electrons. The molecule has 3 aromatic rings. The Morgan fingerprint density at radius 2 is 1.72 bits per heavy atom. The molecular formula is C29H28F6N2O2. The van der Waals surface area contributed by atoms with Gasteiger partial charge in [-0.05, 0) is 53.4 Å². The zero-order valence-electron chi connectivity index (χ0n) is 21.0. The van der Waals surface area contributed by atoms with Crippen LogP contribution in [0, 0.1) is 0 Å². The molecule has 4 nitrogen and oxygen atoms in total. The number of aliphatic hydroxyl groups excluding tert-OH is 1. The highest BCUT2D eigenvalue weighted by molar-refractivity contribution is 5.68. The zero-order chi connectivity index (χ0) is 27.8. The molecule has 3 aromatic carbocycles. The number of hydrogen-bond donors (Lipinski definition) is 1. The van der Waals surface area contributed by atoms with Gasteiger partial charge < -0.3 is 19.6 Å². The number of halogens is 6. The molecule has 1 unspecified atom stereocenters. The number of nitrogens with zero attached hydrogens (tertiary/aromatic N) is 2. The highest BCUT2D eigenvalue weighted by atomic mass is 19.4. The van der Waals surface area contributed by atoms with Gasteiger partial charge in [0.1, 0.15) is 12.4 Å². The van der Waals surface area contributed by atoms with Crippen molar-refractivity contribution in [3.05, 3.63) is 89.5 Å². The van der Waals surface area contributed by atoms with Crippen molar-refractivity contribution in [1.82, 2.24) is 0 Å². The van der Waals surface area contributed by atoms with E-state index in [1.165, 1.54) is 18.2 Å². The number of para-hydroxylation sites is 1. The average Bonchev–Trinajstić information content (AvgIpc) is 3.41. The Hall–Kier alpha value is -3.40. The van der Waals surface area contributed by atoms with E-state index in [1.807, 2.05) is 41.3 Å². The molecule has 2 atom stereocenters. The number of fused-ring (bicyclic) bond motifs is 1. The number of benzene rings is 3. The van der Waals surface area contributed by atoms with Crippen molar-refractivity contribution in [2.24, 2.45) is 0 Å². The predicted molar refractivity (Wildman–Crippen MR) is 136 cm³/mol. The van der Waals surface area contributed by atoms with E-state index >= 15 is 0 Å². The summed E-state index contributed by atoms with van der Waals surface area (Å²) < 4.78 is 84.2. The third-order valence-corrected chi connectivity index (χ3v) is 7.40. The van der Waals surface area contributed by atoms with Crippen LogP contribution in [-0.2, 0) is 11.8 Å². The smallest absolute Gasteiger partial charge is 0.406 e. The number of aliphatic hydroxyl groups is 1. The first-order chi connectivity index (χ1) is 18.5. The molecule has 1 fully saturated rings. The molecule has 1 saturated heterocycles. The van der Waals surface area contributed by atoms with Crippen LogP contribution < -0.4 is 14.5 Å².